The van der Waals surface area contributed by atoms with Crippen LogP contribution in [0.2, 0.25) is 10.0 Å². The first kappa shape index (κ1) is 20.2. The predicted molar refractivity (Wildman–Crippen MR) is 118 cm³/mol. The summed E-state index contributed by atoms with van der Waals surface area (Å²) in [5.41, 5.74) is 3.70. The molecule has 0 atom stereocenters. The summed E-state index contributed by atoms with van der Waals surface area (Å²) in [6.45, 7) is 0. The number of urea groups is 1. The van der Waals surface area contributed by atoms with Crippen molar-refractivity contribution in [3.8, 4) is 0 Å². The van der Waals surface area contributed by atoms with E-state index in [-0.39, 0.29) is 4.32 Å². The largest absolute Gasteiger partial charge is 0.338 e. The molecule has 2 N–H and O–H groups in total. The first-order chi connectivity index (χ1) is 12.8. The normalized spacial score (nSPS) is 15.4. The van der Waals surface area contributed by atoms with Gasteiger partial charge in [-0.3, -0.25) is 4.79 Å². The van der Waals surface area contributed by atoms with Gasteiger partial charge in [0.05, 0.1) is 15.0 Å². The average molecular weight is 503 g/mol. The molecule has 3 rings (SSSR count). The van der Waals surface area contributed by atoms with Crippen LogP contribution >= 0.6 is 63.1 Å². The maximum atomic E-state index is 12.5. The molecule has 0 spiro atoms. The van der Waals surface area contributed by atoms with Crippen LogP contribution in [0.4, 0.5) is 10.5 Å². The van der Waals surface area contributed by atoms with Crippen molar-refractivity contribution in [2.75, 3.05) is 5.32 Å². The van der Waals surface area contributed by atoms with Crippen LogP contribution in [-0.4, -0.2) is 21.3 Å². The second-order valence-corrected chi connectivity index (χ2v) is 8.67. The van der Waals surface area contributed by atoms with E-state index in [1.807, 2.05) is 24.3 Å². The van der Waals surface area contributed by atoms with Crippen molar-refractivity contribution in [2.24, 2.45) is 0 Å². The SMILES string of the molecule is O=C(Nc1ccc(Cl)c(Cl)c1)NN1C(=O)/C(=C\c2cccc(Br)c2)SC1=S. The molecule has 5 nitrogen and oxygen atoms in total. The fraction of sp³-hybridized carbons (Fsp3) is 0. The van der Waals surface area contributed by atoms with Crippen LogP contribution in [0.3, 0.4) is 0 Å². The van der Waals surface area contributed by atoms with E-state index in [1.165, 1.54) is 6.07 Å². The molecule has 0 aromatic heterocycles. The lowest BCUT2D eigenvalue weighted by atomic mass is 10.2. The lowest BCUT2D eigenvalue weighted by Gasteiger charge is -2.16. The summed E-state index contributed by atoms with van der Waals surface area (Å²) in [6.07, 6.45) is 1.71. The number of hydrazine groups is 1. The van der Waals surface area contributed by atoms with Crippen LogP contribution in [0.5, 0.6) is 0 Å². The van der Waals surface area contributed by atoms with Crippen molar-refractivity contribution in [3.63, 3.8) is 0 Å². The number of nitrogens with one attached hydrogen (secondary N) is 2. The Bertz CT molecular complexity index is 984. The Morgan fingerprint density at radius 2 is 1.96 bits per heavy atom. The minimum Gasteiger partial charge on any atom is -0.307 e. The summed E-state index contributed by atoms with van der Waals surface area (Å²) in [6, 6.07) is 11.5. The van der Waals surface area contributed by atoms with Gasteiger partial charge in [-0.15, -0.1) is 0 Å². The fourth-order valence-corrected chi connectivity index (χ4v) is 4.04. The lowest BCUT2D eigenvalue weighted by Crippen LogP contribution is -2.46. The number of carbonyl (C=O) groups excluding carboxylic acids is 2. The number of nitrogens with zero attached hydrogens (tertiary/aromatic N) is 1. The van der Waals surface area contributed by atoms with Gasteiger partial charge >= 0.3 is 6.03 Å². The Kier molecular flexibility index (Phi) is 6.44. The summed E-state index contributed by atoms with van der Waals surface area (Å²) in [4.78, 5) is 25.1. The molecule has 3 amide bonds. The molecular weight excluding hydrogens is 493 g/mol. The maximum absolute atomic E-state index is 12.5. The van der Waals surface area contributed by atoms with Crippen molar-refractivity contribution in [1.82, 2.24) is 10.4 Å². The number of rotatable bonds is 3. The van der Waals surface area contributed by atoms with Crippen molar-refractivity contribution in [3.05, 3.63) is 67.5 Å². The Morgan fingerprint density at radius 1 is 1.19 bits per heavy atom. The highest BCUT2D eigenvalue weighted by molar-refractivity contribution is 9.10. The molecule has 0 bridgehead atoms. The van der Waals surface area contributed by atoms with Gasteiger partial charge in [0.15, 0.2) is 4.32 Å². The highest BCUT2D eigenvalue weighted by Gasteiger charge is 2.33. The van der Waals surface area contributed by atoms with Gasteiger partial charge in [-0.05, 0) is 54.2 Å². The number of carbonyl (C=O) groups is 2. The lowest BCUT2D eigenvalue weighted by molar-refractivity contribution is -0.123. The van der Waals surface area contributed by atoms with Gasteiger partial charge in [0, 0.05) is 10.2 Å². The molecule has 27 heavy (non-hydrogen) atoms. The average Bonchev–Trinajstić information content (AvgIpc) is 2.86. The zero-order valence-electron chi connectivity index (χ0n) is 13.3. The van der Waals surface area contributed by atoms with Gasteiger partial charge in [0.25, 0.3) is 5.91 Å². The van der Waals surface area contributed by atoms with Gasteiger partial charge in [0.1, 0.15) is 0 Å². The van der Waals surface area contributed by atoms with Crippen LogP contribution in [-0.2, 0) is 4.79 Å². The monoisotopic (exact) mass is 501 g/mol. The molecule has 0 unspecified atom stereocenters. The number of anilines is 1. The first-order valence-corrected chi connectivity index (χ1v) is 10.2. The van der Waals surface area contributed by atoms with E-state index < -0.39 is 11.9 Å². The number of halogens is 3. The number of benzene rings is 2. The highest BCUT2D eigenvalue weighted by atomic mass is 79.9. The second kappa shape index (κ2) is 8.62. The van der Waals surface area contributed by atoms with Gasteiger partial charge in [-0.1, -0.05) is 63.0 Å². The standard InChI is InChI=1S/C17H10BrCl2N3O2S2/c18-10-3-1-2-9(6-10)7-14-15(24)23(17(26)27-14)22-16(25)21-11-4-5-12(19)13(20)8-11/h1-8H,(H2,21,22,25)/b14-7+. The molecule has 138 valence electrons. The van der Waals surface area contributed by atoms with Gasteiger partial charge < -0.3 is 5.32 Å². The van der Waals surface area contributed by atoms with E-state index in [9.17, 15) is 9.59 Å². The maximum Gasteiger partial charge on any atom is 0.338 e. The molecule has 2 aromatic rings. The summed E-state index contributed by atoms with van der Waals surface area (Å²) in [7, 11) is 0. The third-order valence-corrected chi connectivity index (χ3v) is 5.87. The van der Waals surface area contributed by atoms with E-state index in [2.05, 4.69) is 26.7 Å². The Hall–Kier alpha value is -1.58. The van der Waals surface area contributed by atoms with E-state index in [1.54, 1.807) is 18.2 Å². The molecule has 0 radical (unpaired) electrons. The summed E-state index contributed by atoms with van der Waals surface area (Å²) in [5, 5.41) is 4.27. The van der Waals surface area contributed by atoms with Crippen molar-refractivity contribution in [1.29, 1.82) is 0 Å². The zero-order valence-corrected chi connectivity index (χ0v) is 18.1. The molecule has 10 heteroatoms. The third-order valence-electron chi connectivity index (χ3n) is 3.33. The fourth-order valence-electron chi connectivity index (χ4n) is 2.15. The number of amides is 3. The van der Waals surface area contributed by atoms with Crippen LogP contribution in [0.25, 0.3) is 6.08 Å². The molecule has 0 aliphatic carbocycles. The quantitative estimate of drug-likeness (QED) is 0.417. The number of thioether (sulfide) groups is 1. The summed E-state index contributed by atoms with van der Waals surface area (Å²) >= 11 is 21.4. The Balaban J connectivity index is 1.69. The van der Waals surface area contributed by atoms with Crippen LogP contribution in [0, 0.1) is 0 Å². The number of hydrogen-bond acceptors (Lipinski definition) is 4. The highest BCUT2D eigenvalue weighted by Crippen LogP contribution is 2.32. The van der Waals surface area contributed by atoms with Gasteiger partial charge in [-0.2, -0.15) is 5.01 Å². The third kappa shape index (κ3) is 5.03. The van der Waals surface area contributed by atoms with E-state index >= 15 is 0 Å². The van der Waals surface area contributed by atoms with Crippen molar-refractivity contribution in [2.45, 2.75) is 0 Å². The molecular formula is C17H10BrCl2N3O2S2. The molecule has 1 aliphatic rings. The van der Waals surface area contributed by atoms with Crippen LogP contribution < -0.4 is 10.7 Å². The molecule has 1 aliphatic heterocycles. The molecule has 0 saturated carbocycles. The van der Waals surface area contributed by atoms with Crippen LogP contribution in [0.15, 0.2) is 51.8 Å². The van der Waals surface area contributed by atoms with Gasteiger partial charge in [0.2, 0.25) is 0 Å². The number of hydrogen-bond donors (Lipinski definition) is 2. The molecule has 1 saturated heterocycles. The second-order valence-electron chi connectivity index (χ2n) is 5.27. The van der Waals surface area contributed by atoms with E-state index in [0.717, 1.165) is 26.8 Å². The van der Waals surface area contributed by atoms with E-state index in [0.29, 0.717) is 20.6 Å². The Morgan fingerprint density at radius 3 is 2.67 bits per heavy atom. The first-order valence-electron chi connectivity index (χ1n) is 7.40. The zero-order chi connectivity index (χ0) is 19.6. The van der Waals surface area contributed by atoms with Crippen molar-refractivity contribution < 1.29 is 9.59 Å². The Labute approximate surface area is 183 Å². The van der Waals surface area contributed by atoms with E-state index in [4.69, 9.17) is 35.4 Å². The van der Waals surface area contributed by atoms with Gasteiger partial charge in [-0.25, -0.2) is 10.2 Å². The summed E-state index contributed by atoms with van der Waals surface area (Å²) in [5.74, 6) is -0.408. The summed E-state index contributed by atoms with van der Waals surface area (Å²) < 4.78 is 1.12. The topological polar surface area (TPSA) is 61.4 Å². The van der Waals surface area contributed by atoms with Crippen molar-refractivity contribution >= 4 is 91.1 Å². The molecule has 1 fully saturated rings. The molecule has 1 heterocycles. The minimum absolute atomic E-state index is 0.227. The predicted octanol–water partition coefficient (Wildman–Crippen LogP) is 5.69. The smallest absolute Gasteiger partial charge is 0.307 e. The number of thiocarbonyl (C=S) groups is 1. The minimum atomic E-state index is -0.631. The van der Waals surface area contributed by atoms with Crippen LogP contribution in [0.1, 0.15) is 5.56 Å². The molecule has 2 aromatic carbocycles.